The molecule has 0 bridgehead atoms. The van der Waals surface area contributed by atoms with E-state index in [4.69, 9.17) is 0 Å². The second-order valence-electron chi connectivity index (χ2n) is 6.93. The lowest BCUT2D eigenvalue weighted by atomic mass is 9.89. The number of fused-ring (bicyclic) bond motifs is 1. The summed E-state index contributed by atoms with van der Waals surface area (Å²) in [5, 5.41) is 2.90. The fourth-order valence-corrected chi connectivity index (χ4v) is 4.01. The van der Waals surface area contributed by atoms with Gasteiger partial charge in [-0.15, -0.1) is 0 Å². The number of carbonyl (C=O) groups excluding carboxylic acids is 1. The zero-order valence-electron chi connectivity index (χ0n) is 14.3. The largest absolute Gasteiger partial charge is 0.348 e. The maximum absolute atomic E-state index is 12.4. The van der Waals surface area contributed by atoms with Crippen LogP contribution >= 0.6 is 0 Å². The number of carbonyl (C=O) groups is 1. The van der Waals surface area contributed by atoms with E-state index in [0.29, 0.717) is 0 Å². The molecule has 128 valence electrons. The third-order valence-corrected chi connectivity index (χ3v) is 5.11. The number of sulfonamides is 1. The van der Waals surface area contributed by atoms with Gasteiger partial charge in [0.2, 0.25) is 15.9 Å². The van der Waals surface area contributed by atoms with Crippen molar-refractivity contribution in [2.75, 3.05) is 6.26 Å². The standard InChI is InChI=1S/C17H26N2O3S/c1-12(18-16(20)17(2,3)19-23(4,21)22)14-10-9-13-7-5-6-8-15(13)11-14/h9-12,19H,5-8H2,1-4H3,(H,18,20). The number of aryl methyl sites for hydroxylation is 2. The van der Waals surface area contributed by atoms with Gasteiger partial charge in [-0.1, -0.05) is 18.2 Å². The Balaban J connectivity index is 2.09. The fraction of sp³-hybridized carbons (Fsp3) is 0.588. The molecule has 23 heavy (non-hydrogen) atoms. The van der Waals surface area contributed by atoms with Crippen molar-refractivity contribution in [1.29, 1.82) is 0 Å². The van der Waals surface area contributed by atoms with Gasteiger partial charge in [0.25, 0.3) is 0 Å². The molecule has 1 aliphatic rings. The van der Waals surface area contributed by atoms with Crippen molar-refractivity contribution in [2.45, 2.75) is 58.0 Å². The second kappa shape index (κ2) is 6.61. The predicted octanol–water partition coefficient (Wildman–Crippen LogP) is 2.07. The van der Waals surface area contributed by atoms with E-state index in [1.807, 2.05) is 13.0 Å². The molecule has 0 saturated carbocycles. The van der Waals surface area contributed by atoms with Gasteiger partial charge in [-0.2, -0.15) is 0 Å². The zero-order chi connectivity index (χ0) is 17.3. The molecule has 0 fully saturated rings. The van der Waals surface area contributed by atoms with Crippen LogP contribution in [0.15, 0.2) is 18.2 Å². The summed E-state index contributed by atoms with van der Waals surface area (Å²) >= 11 is 0. The average molecular weight is 338 g/mol. The van der Waals surface area contributed by atoms with Crippen LogP contribution in [-0.2, 0) is 27.7 Å². The summed E-state index contributed by atoms with van der Waals surface area (Å²) in [4.78, 5) is 12.4. The highest BCUT2D eigenvalue weighted by Crippen LogP contribution is 2.25. The van der Waals surface area contributed by atoms with Gasteiger partial charge in [0.05, 0.1) is 12.3 Å². The average Bonchev–Trinajstić information content (AvgIpc) is 2.44. The highest BCUT2D eigenvalue weighted by molar-refractivity contribution is 7.88. The van der Waals surface area contributed by atoms with Gasteiger partial charge < -0.3 is 5.32 Å². The van der Waals surface area contributed by atoms with Crippen LogP contribution in [0, 0.1) is 0 Å². The third-order valence-electron chi connectivity index (χ3n) is 4.23. The van der Waals surface area contributed by atoms with E-state index in [2.05, 4.69) is 22.2 Å². The minimum atomic E-state index is -3.45. The summed E-state index contributed by atoms with van der Waals surface area (Å²) in [6, 6.07) is 6.19. The van der Waals surface area contributed by atoms with E-state index in [1.165, 1.54) is 24.0 Å². The molecule has 1 aromatic carbocycles. The molecule has 0 radical (unpaired) electrons. The number of hydrogen-bond acceptors (Lipinski definition) is 3. The first-order chi connectivity index (χ1) is 10.6. The highest BCUT2D eigenvalue weighted by Gasteiger charge is 2.31. The van der Waals surface area contributed by atoms with Crippen LogP contribution in [0.4, 0.5) is 0 Å². The zero-order valence-corrected chi connectivity index (χ0v) is 15.1. The Bertz CT molecular complexity index is 696. The van der Waals surface area contributed by atoms with E-state index >= 15 is 0 Å². The van der Waals surface area contributed by atoms with Gasteiger partial charge in [0, 0.05) is 0 Å². The first-order valence-electron chi connectivity index (χ1n) is 8.00. The van der Waals surface area contributed by atoms with Crippen LogP contribution in [0.25, 0.3) is 0 Å². The number of hydrogen-bond donors (Lipinski definition) is 2. The van der Waals surface area contributed by atoms with E-state index in [9.17, 15) is 13.2 Å². The summed E-state index contributed by atoms with van der Waals surface area (Å²) in [5.41, 5.74) is 2.63. The molecular weight excluding hydrogens is 312 g/mol. The molecule has 0 aromatic heterocycles. The molecule has 0 saturated heterocycles. The number of benzene rings is 1. The van der Waals surface area contributed by atoms with Crippen molar-refractivity contribution >= 4 is 15.9 Å². The van der Waals surface area contributed by atoms with Crippen LogP contribution in [0.3, 0.4) is 0 Å². The van der Waals surface area contributed by atoms with Crippen molar-refractivity contribution in [2.24, 2.45) is 0 Å². The van der Waals surface area contributed by atoms with Crippen LogP contribution < -0.4 is 10.0 Å². The topological polar surface area (TPSA) is 75.3 Å². The van der Waals surface area contributed by atoms with Gasteiger partial charge in [-0.3, -0.25) is 4.79 Å². The Morgan fingerprint density at radius 1 is 1.17 bits per heavy atom. The van der Waals surface area contributed by atoms with E-state index in [0.717, 1.165) is 24.7 Å². The van der Waals surface area contributed by atoms with E-state index in [-0.39, 0.29) is 11.9 Å². The van der Waals surface area contributed by atoms with Crippen LogP contribution in [0.2, 0.25) is 0 Å². The normalized spacial score (nSPS) is 16.5. The predicted molar refractivity (Wildman–Crippen MR) is 91.7 cm³/mol. The van der Waals surface area contributed by atoms with Gasteiger partial charge in [0.15, 0.2) is 0 Å². The Kier molecular flexibility index (Phi) is 5.16. The molecule has 5 nitrogen and oxygen atoms in total. The van der Waals surface area contributed by atoms with Gasteiger partial charge in [0.1, 0.15) is 5.54 Å². The minimum Gasteiger partial charge on any atom is -0.348 e. The Hall–Kier alpha value is -1.40. The van der Waals surface area contributed by atoms with Crippen LogP contribution in [0.1, 0.15) is 56.3 Å². The SMILES string of the molecule is CC(NC(=O)C(C)(C)NS(C)(=O)=O)c1ccc2c(c1)CCCC2. The van der Waals surface area contributed by atoms with Crippen molar-refractivity contribution in [3.63, 3.8) is 0 Å². The van der Waals surface area contributed by atoms with Gasteiger partial charge in [-0.05, 0) is 63.1 Å². The van der Waals surface area contributed by atoms with Crippen molar-refractivity contribution in [3.8, 4) is 0 Å². The molecule has 1 atom stereocenters. The third kappa shape index (κ3) is 4.78. The monoisotopic (exact) mass is 338 g/mol. The smallest absolute Gasteiger partial charge is 0.241 e. The minimum absolute atomic E-state index is 0.171. The van der Waals surface area contributed by atoms with Gasteiger partial charge >= 0.3 is 0 Å². The second-order valence-corrected chi connectivity index (χ2v) is 8.68. The molecule has 2 N–H and O–H groups in total. The molecule has 6 heteroatoms. The Morgan fingerprint density at radius 2 is 1.78 bits per heavy atom. The number of rotatable bonds is 5. The maximum atomic E-state index is 12.4. The van der Waals surface area contributed by atoms with Crippen molar-refractivity contribution < 1.29 is 13.2 Å². The molecule has 2 rings (SSSR count). The lowest BCUT2D eigenvalue weighted by Crippen LogP contribution is -2.54. The van der Waals surface area contributed by atoms with E-state index < -0.39 is 15.6 Å². The Morgan fingerprint density at radius 3 is 2.39 bits per heavy atom. The first-order valence-corrected chi connectivity index (χ1v) is 9.89. The summed E-state index contributed by atoms with van der Waals surface area (Å²) in [6.07, 6.45) is 5.72. The lowest BCUT2D eigenvalue weighted by Gasteiger charge is -2.27. The summed E-state index contributed by atoms with van der Waals surface area (Å²) < 4.78 is 25.1. The van der Waals surface area contributed by atoms with Crippen LogP contribution in [-0.4, -0.2) is 26.1 Å². The molecule has 0 heterocycles. The molecule has 1 unspecified atom stereocenters. The summed E-state index contributed by atoms with van der Waals surface area (Å²) in [5.74, 6) is -0.340. The molecular formula is C17H26N2O3S. The number of nitrogens with one attached hydrogen (secondary N) is 2. The summed E-state index contributed by atoms with van der Waals surface area (Å²) in [7, 11) is -3.45. The summed E-state index contributed by atoms with van der Waals surface area (Å²) in [6.45, 7) is 5.03. The molecule has 1 aromatic rings. The lowest BCUT2D eigenvalue weighted by molar-refractivity contribution is -0.126. The van der Waals surface area contributed by atoms with E-state index in [1.54, 1.807) is 13.8 Å². The molecule has 1 aliphatic carbocycles. The molecule has 0 aliphatic heterocycles. The molecule has 1 amide bonds. The quantitative estimate of drug-likeness (QED) is 0.863. The van der Waals surface area contributed by atoms with Crippen molar-refractivity contribution in [1.82, 2.24) is 10.0 Å². The molecule has 0 spiro atoms. The van der Waals surface area contributed by atoms with Crippen LogP contribution in [0.5, 0.6) is 0 Å². The number of amides is 1. The fourth-order valence-electron chi connectivity index (χ4n) is 2.99. The van der Waals surface area contributed by atoms with Gasteiger partial charge in [-0.25, -0.2) is 13.1 Å². The maximum Gasteiger partial charge on any atom is 0.241 e. The van der Waals surface area contributed by atoms with Crippen molar-refractivity contribution in [3.05, 3.63) is 34.9 Å². The highest BCUT2D eigenvalue weighted by atomic mass is 32.2. The Labute approximate surface area is 138 Å². The first kappa shape index (κ1) is 17.9.